The number of fused-ring (bicyclic) bond motifs is 1. The van der Waals surface area contributed by atoms with Gasteiger partial charge in [0, 0.05) is 31.4 Å². The van der Waals surface area contributed by atoms with Crippen molar-refractivity contribution in [1.82, 2.24) is 19.3 Å². The number of imidazole rings is 1. The number of rotatable bonds is 5. The first-order chi connectivity index (χ1) is 15.6. The number of oxazole rings is 1. The van der Waals surface area contributed by atoms with Crippen molar-refractivity contribution >= 4 is 11.6 Å². The van der Waals surface area contributed by atoms with Gasteiger partial charge in [-0.2, -0.15) is 0 Å². The minimum absolute atomic E-state index is 0.0391. The molecule has 0 N–H and O–H groups in total. The van der Waals surface area contributed by atoms with E-state index < -0.39 is 0 Å². The maximum absolute atomic E-state index is 13.1. The number of carbonyl (C=O) groups is 1. The van der Waals surface area contributed by atoms with Crippen LogP contribution in [0.1, 0.15) is 52.2 Å². The minimum Gasteiger partial charge on any atom is -0.497 e. The normalized spacial score (nSPS) is 16.4. The molecule has 1 aliphatic heterocycles. The van der Waals surface area contributed by atoms with Gasteiger partial charge in [0.25, 0.3) is 5.91 Å². The topological polar surface area (TPSA) is 72.9 Å². The van der Waals surface area contributed by atoms with Crippen LogP contribution in [0.5, 0.6) is 5.75 Å². The lowest BCUT2D eigenvalue weighted by atomic mass is 9.98. The standard InChI is InChI=1S/C25H26N4O3/c1-17-5-3-7-23-27-22(16-29(17)23)25(30)28-12-4-6-19(15-28)24-26-14-21(32-24)13-18-8-10-20(31-2)11-9-18/h3,5,7-11,14,16,19H,4,6,12-13,15H2,1-2H3/t19-/m0/s1. The summed E-state index contributed by atoms with van der Waals surface area (Å²) in [6.07, 6.45) is 6.17. The highest BCUT2D eigenvalue weighted by molar-refractivity contribution is 5.93. The molecule has 32 heavy (non-hydrogen) atoms. The van der Waals surface area contributed by atoms with Gasteiger partial charge in [0.15, 0.2) is 5.89 Å². The molecule has 5 rings (SSSR count). The fraction of sp³-hybridized carbons (Fsp3) is 0.320. The number of amides is 1. The van der Waals surface area contributed by atoms with Gasteiger partial charge in [-0.25, -0.2) is 9.97 Å². The van der Waals surface area contributed by atoms with E-state index in [1.54, 1.807) is 13.3 Å². The largest absolute Gasteiger partial charge is 0.497 e. The van der Waals surface area contributed by atoms with Crippen molar-refractivity contribution in [2.24, 2.45) is 0 Å². The molecular formula is C25H26N4O3. The number of carbonyl (C=O) groups excluding carboxylic acids is 1. The van der Waals surface area contributed by atoms with Crippen LogP contribution in [0.2, 0.25) is 0 Å². The van der Waals surface area contributed by atoms with E-state index in [9.17, 15) is 4.79 Å². The minimum atomic E-state index is -0.0391. The second kappa shape index (κ2) is 8.49. The fourth-order valence-corrected chi connectivity index (χ4v) is 4.31. The molecule has 3 aromatic heterocycles. The Morgan fingerprint density at radius 1 is 1.22 bits per heavy atom. The van der Waals surface area contributed by atoms with Crippen molar-refractivity contribution < 1.29 is 13.9 Å². The number of likely N-dealkylation sites (tertiary alicyclic amines) is 1. The first-order valence-electron chi connectivity index (χ1n) is 10.9. The molecule has 0 radical (unpaired) electrons. The number of methoxy groups -OCH3 is 1. The van der Waals surface area contributed by atoms with E-state index in [0.29, 0.717) is 24.6 Å². The molecular weight excluding hydrogens is 404 g/mol. The Kier molecular flexibility index (Phi) is 5.39. The van der Waals surface area contributed by atoms with Gasteiger partial charge in [0.2, 0.25) is 0 Å². The van der Waals surface area contributed by atoms with Crippen LogP contribution in [-0.4, -0.2) is 45.4 Å². The zero-order chi connectivity index (χ0) is 22.1. The van der Waals surface area contributed by atoms with Gasteiger partial charge in [-0.15, -0.1) is 0 Å². The summed E-state index contributed by atoms with van der Waals surface area (Å²) in [6, 6.07) is 13.8. The van der Waals surface area contributed by atoms with Gasteiger partial charge < -0.3 is 18.5 Å². The second-order valence-electron chi connectivity index (χ2n) is 8.30. The number of ether oxygens (including phenoxy) is 1. The highest BCUT2D eigenvalue weighted by atomic mass is 16.5. The zero-order valence-corrected chi connectivity index (χ0v) is 18.3. The lowest BCUT2D eigenvalue weighted by Crippen LogP contribution is -2.39. The molecule has 1 aromatic carbocycles. The monoisotopic (exact) mass is 430 g/mol. The molecule has 7 nitrogen and oxygen atoms in total. The Labute approximate surface area is 186 Å². The summed E-state index contributed by atoms with van der Waals surface area (Å²) >= 11 is 0. The van der Waals surface area contributed by atoms with Crippen LogP contribution in [0.4, 0.5) is 0 Å². The quantitative estimate of drug-likeness (QED) is 0.473. The van der Waals surface area contributed by atoms with E-state index in [4.69, 9.17) is 9.15 Å². The van der Waals surface area contributed by atoms with Crippen molar-refractivity contribution in [2.75, 3.05) is 20.2 Å². The summed E-state index contributed by atoms with van der Waals surface area (Å²) < 4.78 is 13.2. The lowest BCUT2D eigenvalue weighted by Gasteiger charge is -2.30. The van der Waals surface area contributed by atoms with Crippen LogP contribution in [0.15, 0.2) is 59.3 Å². The number of nitrogens with zero attached hydrogens (tertiary/aromatic N) is 4. The third kappa shape index (κ3) is 3.98. The average molecular weight is 431 g/mol. The predicted octanol–water partition coefficient (Wildman–Crippen LogP) is 4.25. The van der Waals surface area contributed by atoms with Gasteiger partial charge in [0.05, 0.1) is 19.2 Å². The van der Waals surface area contributed by atoms with Crippen LogP contribution < -0.4 is 4.74 Å². The molecule has 0 spiro atoms. The first kappa shape index (κ1) is 20.3. The SMILES string of the molecule is COc1ccc(Cc2cnc([C@H]3CCCN(C(=O)c4cn5c(C)cccc5n4)C3)o2)cc1. The van der Waals surface area contributed by atoms with Crippen molar-refractivity contribution in [2.45, 2.75) is 32.1 Å². The molecule has 1 amide bonds. The van der Waals surface area contributed by atoms with E-state index in [1.165, 1.54) is 0 Å². The predicted molar refractivity (Wildman–Crippen MR) is 120 cm³/mol. The van der Waals surface area contributed by atoms with Crippen molar-refractivity contribution in [1.29, 1.82) is 0 Å². The van der Waals surface area contributed by atoms with E-state index in [1.807, 2.05) is 64.9 Å². The third-order valence-corrected chi connectivity index (χ3v) is 6.08. The number of pyridine rings is 1. The molecule has 0 saturated carbocycles. The van der Waals surface area contributed by atoms with E-state index >= 15 is 0 Å². The second-order valence-corrected chi connectivity index (χ2v) is 8.30. The summed E-state index contributed by atoms with van der Waals surface area (Å²) in [5, 5.41) is 0. The van der Waals surface area contributed by atoms with Gasteiger partial charge in [-0.3, -0.25) is 4.79 Å². The van der Waals surface area contributed by atoms with E-state index in [0.717, 1.165) is 47.8 Å². The van der Waals surface area contributed by atoms with Crippen LogP contribution >= 0.6 is 0 Å². The van der Waals surface area contributed by atoms with Crippen molar-refractivity contribution in [3.63, 3.8) is 0 Å². The summed E-state index contributed by atoms with van der Waals surface area (Å²) in [4.78, 5) is 24.1. The maximum atomic E-state index is 13.1. The third-order valence-electron chi connectivity index (χ3n) is 6.08. The molecule has 1 aliphatic rings. The van der Waals surface area contributed by atoms with Crippen LogP contribution in [-0.2, 0) is 6.42 Å². The number of aromatic nitrogens is 3. The molecule has 0 aliphatic carbocycles. The van der Waals surface area contributed by atoms with Crippen molar-refractivity contribution in [3.05, 3.63) is 83.5 Å². The molecule has 1 saturated heterocycles. The van der Waals surface area contributed by atoms with Crippen LogP contribution in [0.25, 0.3) is 5.65 Å². The molecule has 164 valence electrons. The van der Waals surface area contributed by atoms with Gasteiger partial charge in [-0.1, -0.05) is 18.2 Å². The summed E-state index contributed by atoms with van der Waals surface area (Å²) in [7, 11) is 1.66. The highest BCUT2D eigenvalue weighted by Crippen LogP contribution is 2.28. The number of aryl methyl sites for hydroxylation is 1. The lowest BCUT2D eigenvalue weighted by molar-refractivity contribution is 0.0692. The van der Waals surface area contributed by atoms with Gasteiger partial charge in [0.1, 0.15) is 22.9 Å². The molecule has 4 heterocycles. The summed E-state index contributed by atoms with van der Waals surface area (Å²) in [6.45, 7) is 3.32. The maximum Gasteiger partial charge on any atom is 0.274 e. The number of piperidine rings is 1. The Hall–Kier alpha value is -3.61. The molecule has 4 aromatic rings. The van der Waals surface area contributed by atoms with Gasteiger partial charge >= 0.3 is 0 Å². The molecule has 1 fully saturated rings. The Bertz CT molecular complexity index is 1240. The Morgan fingerprint density at radius 2 is 2.06 bits per heavy atom. The number of hydrogen-bond acceptors (Lipinski definition) is 5. The first-order valence-corrected chi connectivity index (χ1v) is 10.9. The molecule has 7 heteroatoms. The average Bonchev–Trinajstić information content (AvgIpc) is 3.47. The summed E-state index contributed by atoms with van der Waals surface area (Å²) in [5.74, 6) is 2.42. The molecule has 1 atom stereocenters. The number of benzene rings is 1. The zero-order valence-electron chi connectivity index (χ0n) is 18.3. The highest BCUT2D eigenvalue weighted by Gasteiger charge is 2.29. The van der Waals surface area contributed by atoms with Gasteiger partial charge in [-0.05, 0) is 49.6 Å². The van der Waals surface area contributed by atoms with E-state index in [2.05, 4.69) is 9.97 Å². The molecule has 0 bridgehead atoms. The fourth-order valence-electron chi connectivity index (χ4n) is 4.31. The van der Waals surface area contributed by atoms with E-state index in [-0.39, 0.29) is 11.8 Å². The summed E-state index contributed by atoms with van der Waals surface area (Å²) in [5.41, 5.74) is 3.45. The molecule has 0 unspecified atom stereocenters. The Balaban J connectivity index is 1.28. The van der Waals surface area contributed by atoms with Crippen LogP contribution in [0.3, 0.4) is 0 Å². The van der Waals surface area contributed by atoms with Crippen molar-refractivity contribution in [3.8, 4) is 5.75 Å². The van der Waals surface area contributed by atoms with Crippen LogP contribution in [0, 0.1) is 6.92 Å². The number of hydrogen-bond donors (Lipinski definition) is 0. The smallest absolute Gasteiger partial charge is 0.274 e. The Morgan fingerprint density at radius 3 is 2.84 bits per heavy atom.